The van der Waals surface area contributed by atoms with E-state index in [0.29, 0.717) is 6.54 Å². The van der Waals surface area contributed by atoms with E-state index in [-0.39, 0.29) is 17.2 Å². The Labute approximate surface area is 140 Å². The van der Waals surface area contributed by atoms with Crippen LogP contribution >= 0.6 is 0 Å². The molecule has 2 aliphatic heterocycles. The molecule has 6 heteroatoms. The maximum atomic E-state index is 12.6. The van der Waals surface area contributed by atoms with Crippen LogP contribution in [0.25, 0.3) is 0 Å². The number of alkyl halides is 3. The Hall–Kier alpha value is -1.56. The second kappa shape index (κ2) is 6.06. The minimum absolute atomic E-state index is 0.0310. The molecular formula is C18H23F3N2O. The number of amides is 1. The second-order valence-corrected chi connectivity index (χ2v) is 7.50. The van der Waals surface area contributed by atoms with Crippen LogP contribution in [0.3, 0.4) is 0 Å². The highest BCUT2D eigenvalue weighted by Gasteiger charge is 2.48. The van der Waals surface area contributed by atoms with E-state index >= 15 is 0 Å². The number of rotatable bonds is 3. The molecule has 2 aliphatic rings. The molecule has 3 rings (SSSR count). The molecule has 3 nitrogen and oxygen atoms in total. The first-order valence-corrected chi connectivity index (χ1v) is 8.36. The Bertz CT molecular complexity index is 604. The van der Waals surface area contributed by atoms with E-state index in [1.54, 1.807) is 12.1 Å². The molecular weight excluding hydrogens is 317 g/mol. The smallest absolute Gasteiger partial charge is 0.342 e. The molecule has 0 aliphatic carbocycles. The number of halogens is 3. The van der Waals surface area contributed by atoms with Crippen LogP contribution in [0.4, 0.5) is 13.2 Å². The van der Waals surface area contributed by atoms with E-state index in [1.807, 2.05) is 18.7 Å². The van der Waals surface area contributed by atoms with Crippen molar-refractivity contribution in [2.75, 3.05) is 26.2 Å². The molecule has 1 spiro atoms. The first kappa shape index (κ1) is 17.3. The number of nitrogens with zero attached hydrogens (tertiary/aromatic N) is 2. The molecule has 2 heterocycles. The average Bonchev–Trinajstić information content (AvgIpc) is 2.91. The molecule has 0 radical (unpaired) electrons. The highest BCUT2D eigenvalue weighted by Crippen LogP contribution is 2.40. The zero-order valence-corrected chi connectivity index (χ0v) is 14.1. The van der Waals surface area contributed by atoms with Crippen molar-refractivity contribution in [2.45, 2.75) is 33.0 Å². The van der Waals surface area contributed by atoms with Gasteiger partial charge in [0.25, 0.3) is 0 Å². The topological polar surface area (TPSA) is 23.6 Å². The van der Waals surface area contributed by atoms with Gasteiger partial charge in [0.1, 0.15) is 0 Å². The van der Waals surface area contributed by atoms with Crippen LogP contribution in [0.2, 0.25) is 0 Å². The Morgan fingerprint density at radius 2 is 1.79 bits per heavy atom. The van der Waals surface area contributed by atoms with Crippen molar-refractivity contribution in [3.8, 4) is 0 Å². The first-order chi connectivity index (χ1) is 11.2. The number of hydrogen-bond acceptors (Lipinski definition) is 2. The molecule has 1 aromatic rings. The Morgan fingerprint density at radius 1 is 1.17 bits per heavy atom. The van der Waals surface area contributed by atoms with Crippen molar-refractivity contribution in [2.24, 2.45) is 11.3 Å². The number of hydrogen-bond donors (Lipinski definition) is 0. The lowest BCUT2D eigenvalue weighted by Gasteiger charge is -2.48. The van der Waals surface area contributed by atoms with Crippen molar-refractivity contribution in [3.63, 3.8) is 0 Å². The molecule has 0 N–H and O–H groups in total. The normalized spacial score (nSPS) is 20.7. The van der Waals surface area contributed by atoms with Gasteiger partial charge < -0.3 is 4.90 Å². The van der Waals surface area contributed by atoms with Gasteiger partial charge in [-0.05, 0) is 24.1 Å². The van der Waals surface area contributed by atoms with Gasteiger partial charge >= 0.3 is 6.18 Å². The standard InChI is InChI=1S/C18H23F3N2O/c1-13(2)16(24)23-8-7-17(12-23)10-22(11-17)9-14-3-5-15(6-4-14)18(19,20)21/h3-6,13H,7-12H2,1-2H3. The molecule has 0 saturated carbocycles. The Kier molecular flexibility index (Phi) is 4.36. The molecule has 1 aromatic carbocycles. The molecule has 0 bridgehead atoms. The van der Waals surface area contributed by atoms with Gasteiger partial charge in [-0.25, -0.2) is 0 Å². The van der Waals surface area contributed by atoms with Gasteiger partial charge in [0.05, 0.1) is 5.56 Å². The summed E-state index contributed by atoms with van der Waals surface area (Å²) in [5.41, 5.74) is 0.479. The van der Waals surface area contributed by atoms with Crippen LogP contribution in [0.5, 0.6) is 0 Å². The highest BCUT2D eigenvalue weighted by molar-refractivity contribution is 5.78. The van der Waals surface area contributed by atoms with Crippen LogP contribution in [0.15, 0.2) is 24.3 Å². The summed E-state index contributed by atoms with van der Waals surface area (Å²) in [7, 11) is 0. The number of likely N-dealkylation sites (tertiary alicyclic amines) is 2. The van der Waals surface area contributed by atoms with Crippen LogP contribution in [0.1, 0.15) is 31.4 Å². The Morgan fingerprint density at radius 3 is 2.33 bits per heavy atom. The molecule has 0 atom stereocenters. The zero-order chi connectivity index (χ0) is 17.5. The number of carbonyl (C=O) groups is 1. The molecule has 24 heavy (non-hydrogen) atoms. The predicted molar refractivity (Wildman–Crippen MR) is 85.2 cm³/mol. The second-order valence-electron chi connectivity index (χ2n) is 7.50. The zero-order valence-electron chi connectivity index (χ0n) is 14.1. The lowest BCUT2D eigenvalue weighted by Crippen LogP contribution is -2.57. The van der Waals surface area contributed by atoms with Gasteiger partial charge in [0, 0.05) is 44.1 Å². The summed E-state index contributed by atoms with van der Waals surface area (Å²) < 4.78 is 37.7. The summed E-state index contributed by atoms with van der Waals surface area (Å²) >= 11 is 0. The summed E-state index contributed by atoms with van der Waals surface area (Å²) in [4.78, 5) is 16.3. The van der Waals surface area contributed by atoms with Crippen LogP contribution in [-0.4, -0.2) is 41.9 Å². The van der Waals surface area contributed by atoms with Crippen LogP contribution < -0.4 is 0 Å². The van der Waals surface area contributed by atoms with E-state index in [1.165, 1.54) is 0 Å². The van der Waals surface area contributed by atoms with Gasteiger partial charge in [-0.3, -0.25) is 9.69 Å². The highest BCUT2D eigenvalue weighted by atomic mass is 19.4. The largest absolute Gasteiger partial charge is 0.416 e. The molecule has 132 valence electrons. The molecule has 2 saturated heterocycles. The third kappa shape index (κ3) is 3.43. The summed E-state index contributed by atoms with van der Waals surface area (Å²) in [5, 5.41) is 0. The van der Waals surface area contributed by atoms with Crippen LogP contribution in [-0.2, 0) is 17.5 Å². The summed E-state index contributed by atoms with van der Waals surface area (Å²) in [6.07, 6.45) is -3.26. The third-order valence-corrected chi connectivity index (χ3v) is 5.05. The molecule has 0 unspecified atom stereocenters. The van der Waals surface area contributed by atoms with Gasteiger partial charge in [0.2, 0.25) is 5.91 Å². The van der Waals surface area contributed by atoms with Crippen molar-refractivity contribution in [3.05, 3.63) is 35.4 Å². The van der Waals surface area contributed by atoms with Gasteiger partial charge in [-0.1, -0.05) is 26.0 Å². The van der Waals surface area contributed by atoms with Crippen molar-refractivity contribution < 1.29 is 18.0 Å². The minimum Gasteiger partial charge on any atom is -0.342 e. The summed E-state index contributed by atoms with van der Waals surface area (Å²) in [5.74, 6) is 0.247. The number of benzene rings is 1. The summed E-state index contributed by atoms with van der Waals surface area (Å²) in [6, 6.07) is 5.39. The Balaban J connectivity index is 1.52. The van der Waals surface area contributed by atoms with E-state index < -0.39 is 11.7 Å². The molecule has 0 aromatic heterocycles. The minimum atomic E-state index is -4.28. The van der Waals surface area contributed by atoms with Gasteiger partial charge in [-0.2, -0.15) is 13.2 Å². The van der Waals surface area contributed by atoms with E-state index in [0.717, 1.165) is 50.3 Å². The first-order valence-electron chi connectivity index (χ1n) is 8.36. The maximum Gasteiger partial charge on any atom is 0.416 e. The van der Waals surface area contributed by atoms with E-state index in [4.69, 9.17) is 0 Å². The van der Waals surface area contributed by atoms with Gasteiger partial charge in [-0.15, -0.1) is 0 Å². The number of carbonyl (C=O) groups excluding carboxylic acids is 1. The SMILES string of the molecule is CC(C)C(=O)N1CCC2(CN(Cc3ccc(C(F)(F)F)cc3)C2)C1. The van der Waals surface area contributed by atoms with Crippen molar-refractivity contribution >= 4 is 5.91 Å². The fourth-order valence-electron chi connectivity index (χ4n) is 3.82. The van der Waals surface area contributed by atoms with Crippen molar-refractivity contribution in [1.29, 1.82) is 0 Å². The predicted octanol–water partition coefficient (Wildman–Crippen LogP) is 3.40. The lowest BCUT2D eigenvalue weighted by atomic mass is 9.79. The molecule has 2 fully saturated rings. The third-order valence-electron chi connectivity index (χ3n) is 5.05. The fourth-order valence-corrected chi connectivity index (χ4v) is 3.82. The average molecular weight is 340 g/mol. The molecule has 1 amide bonds. The lowest BCUT2D eigenvalue weighted by molar-refractivity contribution is -0.137. The van der Waals surface area contributed by atoms with E-state index in [2.05, 4.69) is 4.90 Å². The summed E-state index contributed by atoms with van der Waals surface area (Å²) in [6.45, 7) is 7.97. The van der Waals surface area contributed by atoms with Gasteiger partial charge in [0.15, 0.2) is 0 Å². The van der Waals surface area contributed by atoms with E-state index in [9.17, 15) is 18.0 Å². The maximum absolute atomic E-state index is 12.6. The van der Waals surface area contributed by atoms with Crippen molar-refractivity contribution in [1.82, 2.24) is 9.80 Å². The monoisotopic (exact) mass is 340 g/mol. The quantitative estimate of drug-likeness (QED) is 0.842. The van der Waals surface area contributed by atoms with Crippen LogP contribution in [0, 0.1) is 11.3 Å². The fraction of sp³-hybridized carbons (Fsp3) is 0.611.